The molecule has 28 heavy (non-hydrogen) atoms. The molecule has 4 rings (SSSR count). The SMILES string of the molecule is COc1ccccc1-c1noc(CN2C(=O)[C@@H](C)N(c3ccccc3)C2=O)n1. The van der Waals surface area contributed by atoms with Crippen LogP contribution in [0.25, 0.3) is 11.4 Å². The van der Waals surface area contributed by atoms with E-state index in [9.17, 15) is 9.59 Å². The molecule has 8 heteroatoms. The number of anilines is 1. The van der Waals surface area contributed by atoms with Crippen LogP contribution in [0.3, 0.4) is 0 Å². The van der Waals surface area contributed by atoms with Gasteiger partial charge in [-0.2, -0.15) is 4.98 Å². The van der Waals surface area contributed by atoms with Gasteiger partial charge in [-0.1, -0.05) is 35.5 Å². The smallest absolute Gasteiger partial charge is 0.332 e. The van der Waals surface area contributed by atoms with Gasteiger partial charge in [-0.3, -0.25) is 14.6 Å². The van der Waals surface area contributed by atoms with Crippen molar-refractivity contribution in [1.29, 1.82) is 0 Å². The maximum absolute atomic E-state index is 12.8. The van der Waals surface area contributed by atoms with Crippen molar-refractivity contribution in [3.63, 3.8) is 0 Å². The second-order valence-corrected chi connectivity index (χ2v) is 6.30. The molecule has 0 aliphatic carbocycles. The molecule has 0 spiro atoms. The molecular weight excluding hydrogens is 360 g/mol. The number of carbonyl (C=O) groups excluding carboxylic acids is 2. The van der Waals surface area contributed by atoms with E-state index < -0.39 is 12.1 Å². The molecule has 0 radical (unpaired) electrons. The third-order valence-corrected chi connectivity index (χ3v) is 4.59. The van der Waals surface area contributed by atoms with Gasteiger partial charge >= 0.3 is 6.03 Å². The number of carbonyl (C=O) groups is 2. The number of urea groups is 1. The Balaban J connectivity index is 1.57. The molecule has 2 aromatic carbocycles. The Kier molecular flexibility index (Phi) is 4.52. The van der Waals surface area contributed by atoms with Crippen molar-refractivity contribution < 1.29 is 18.8 Å². The Morgan fingerprint density at radius 2 is 1.79 bits per heavy atom. The third-order valence-electron chi connectivity index (χ3n) is 4.59. The van der Waals surface area contributed by atoms with Gasteiger partial charge in [0.05, 0.1) is 12.7 Å². The van der Waals surface area contributed by atoms with E-state index >= 15 is 0 Å². The van der Waals surface area contributed by atoms with Crippen LogP contribution in [0.1, 0.15) is 12.8 Å². The molecule has 1 atom stereocenters. The average molecular weight is 378 g/mol. The number of amides is 3. The predicted molar refractivity (Wildman–Crippen MR) is 101 cm³/mol. The molecule has 1 fully saturated rings. The lowest BCUT2D eigenvalue weighted by molar-refractivity contribution is -0.127. The molecule has 8 nitrogen and oxygen atoms in total. The van der Waals surface area contributed by atoms with Gasteiger partial charge in [0.25, 0.3) is 5.91 Å². The molecule has 1 aromatic heterocycles. The van der Waals surface area contributed by atoms with E-state index in [0.717, 1.165) is 4.90 Å². The summed E-state index contributed by atoms with van der Waals surface area (Å²) in [7, 11) is 1.56. The summed E-state index contributed by atoms with van der Waals surface area (Å²) in [5.74, 6) is 0.794. The minimum atomic E-state index is -0.605. The number of imide groups is 1. The first-order valence-electron chi connectivity index (χ1n) is 8.75. The van der Waals surface area contributed by atoms with Crippen molar-refractivity contribution in [2.24, 2.45) is 0 Å². The van der Waals surface area contributed by atoms with E-state index in [-0.39, 0.29) is 18.3 Å². The van der Waals surface area contributed by atoms with Gasteiger partial charge in [0.2, 0.25) is 11.7 Å². The molecule has 1 aliphatic rings. The molecule has 0 N–H and O–H groups in total. The summed E-state index contributed by atoms with van der Waals surface area (Å²) in [6.07, 6.45) is 0. The fourth-order valence-corrected chi connectivity index (χ4v) is 3.19. The molecule has 0 saturated carbocycles. The number of rotatable bonds is 5. The fourth-order valence-electron chi connectivity index (χ4n) is 3.19. The number of hydrogen-bond acceptors (Lipinski definition) is 6. The number of ether oxygens (including phenoxy) is 1. The first-order valence-corrected chi connectivity index (χ1v) is 8.75. The van der Waals surface area contributed by atoms with Crippen LogP contribution >= 0.6 is 0 Å². The first-order chi connectivity index (χ1) is 13.6. The van der Waals surface area contributed by atoms with Crippen molar-refractivity contribution in [2.75, 3.05) is 12.0 Å². The van der Waals surface area contributed by atoms with Crippen molar-refractivity contribution in [1.82, 2.24) is 15.0 Å². The van der Waals surface area contributed by atoms with E-state index in [1.165, 1.54) is 4.90 Å². The molecule has 0 unspecified atom stereocenters. The van der Waals surface area contributed by atoms with E-state index in [0.29, 0.717) is 22.8 Å². The number of nitrogens with zero attached hydrogens (tertiary/aromatic N) is 4. The summed E-state index contributed by atoms with van der Waals surface area (Å²) in [6, 6.07) is 15.3. The summed E-state index contributed by atoms with van der Waals surface area (Å²) < 4.78 is 10.6. The highest BCUT2D eigenvalue weighted by atomic mass is 16.5. The van der Waals surface area contributed by atoms with Gasteiger partial charge in [0, 0.05) is 5.69 Å². The lowest BCUT2D eigenvalue weighted by atomic mass is 10.2. The highest BCUT2D eigenvalue weighted by molar-refractivity contribution is 6.13. The van der Waals surface area contributed by atoms with Gasteiger partial charge in [0.1, 0.15) is 18.3 Å². The molecule has 1 aliphatic heterocycles. The number of para-hydroxylation sites is 2. The van der Waals surface area contributed by atoms with Gasteiger partial charge in [-0.15, -0.1) is 0 Å². The van der Waals surface area contributed by atoms with E-state index in [4.69, 9.17) is 9.26 Å². The minimum absolute atomic E-state index is 0.0898. The highest BCUT2D eigenvalue weighted by Crippen LogP contribution is 2.29. The van der Waals surface area contributed by atoms with Crippen molar-refractivity contribution >= 4 is 17.6 Å². The monoisotopic (exact) mass is 378 g/mol. The normalized spacial score (nSPS) is 16.7. The second-order valence-electron chi connectivity index (χ2n) is 6.30. The maximum Gasteiger partial charge on any atom is 0.332 e. The molecule has 2 heterocycles. The van der Waals surface area contributed by atoms with Crippen LogP contribution < -0.4 is 9.64 Å². The Morgan fingerprint density at radius 1 is 1.07 bits per heavy atom. The average Bonchev–Trinajstić information content (AvgIpc) is 3.28. The van der Waals surface area contributed by atoms with E-state index in [1.807, 2.05) is 30.3 Å². The van der Waals surface area contributed by atoms with Gasteiger partial charge in [-0.25, -0.2) is 4.79 Å². The topological polar surface area (TPSA) is 88.8 Å². The van der Waals surface area contributed by atoms with E-state index in [1.54, 1.807) is 38.3 Å². The van der Waals surface area contributed by atoms with Crippen LogP contribution in [0.2, 0.25) is 0 Å². The van der Waals surface area contributed by atoms with Crippen LogP contribution in [0, 0.1) is 0 Å². The number of aromatic nitrogens is 2. The zero-order valence-corrected chi connectivity index (χ0v) is 15.4. The van der Waals surface area contributed by atoms with Crippen molar-refractivity contribution in [3.05, 3.63) is 60.5 Å². The number of hydrogen-bond donors (Lipinski definition) is 0. The molecule has 142 valence electrons. The molecular formula is C20H18N4O4. The van der Waals surface area contributed by atoms with Gasteiger partial charge < -0.3 is 9.26 Å². The number of methoxy groups -OCH3 is 1. The summed E-state index contributed by atoms with van der Waals surface area (Å²) in [6.45, 7) is 1.61. The van der Waals surface area contributed by atoms with Crippen LogP contribution in [0.5, 0.6) is 5.75 Å². The van der Waals surface area contributed by atoms with Crippen LogP contribution in [0.4, 0.5) is 10.5 Å². The first kappa shape index (κ1) is 17.7. The van der Waals surface area contributed by atoms with Gasteiger partial charge in [-0.05, 0) is 31.2 Å². The zero-order valence-electron chi connectivity index (χ0n) is 15.4. The van der Waals surface area contributed by atoms with Crippen molar-refractivity contribution in [2.45, 2.75) is 19.5 Å². The summed E-state index contributed by atoms with van der Waals surface area (Å²) in [5.41, 5.74) is 1.33. The largest absolute Gasteiger partial charge is 0.496 e. The molecule has 3 aromatic rings. The van der Waals surface area contributed by atoms with Crippen molar-refractivity contribution in [3.8, 4) is 17.1 Å². The standard InChI is InChI=1S/C20H18N4O4/c1-13-19(25)23(20(26)24(13)14-8-4-3-5-9-14)12-17-21-18(22-28-17)15-10-6-7-11-16(15)27-2/h3-11,13H,12H2,1-2H3/t13-/m1/s1. The molecule has 1 saturated heterocycles. The van der Waals surface area contributed by atoms with Crippen LogP contribution in [-0.2, 0) is 11.3 Å². The lowest BCUT2D eigenvalue weighted by Gasteiger charge is -2.18. The van der Waals surface area contributed by atoms with E-state index in [2.05, 4.69) is 10.1 Å². The lowest BCUT2D eigenvalue weighted by Crippen LogP contribution is -2.33. The third kappa shape index (κ3) is 2.98. The Bertz CT molecular complexity index is 1020. The summed E-state index contributed by atoms with van der Waals surface area (Å²) in [4.78, 5) is 32.4. The highest BCUT2D eigenvalue weighted by Gasteiger charge is 2.43. The molecule has 3 amide bonds. The van der Waals surface area contributed by atoms with Crippen LogP contribution in [0.15, 0.2) is 59.1 Å². The Morgan fingerprint density at radius 3 is 2.54 bits per heavy atom. The zero-order chi connectivity index (χ0) is 19.7. The van der Waals surface area contributed by atoms with Gasteiger partial charge in [0.15, 0.2) is 0 Å². The maximum atomic E-state index is 12.8. The summed E-state index contributed by atoms with van der Waals surface area (Å²) in [5, 5.41) is 3.95. The Labute approximate surface area is 161 Å². The summed E-state index contributed by atoms with van der Waals surface area (Å²) >= 11 is 0. The quantitative estimate of drug-likeness (QED) is 0.634. The minimum Gasteiger partial charge on any atom is -0.496 e. The molecule has 0 bridgehead atoms. The number of benzene rings is 2. The predicted octanol–water partition coefficient (Wildman–Crippen LogP) is 3.10. The van der Waals surface area contributed by atoms with Crippen LogP contribution in [-0.4, -0.2) is 40.1 Å². The fraction of sp³-hybridized carbons (Fsp3) is 0.200. The second kappa shape index (κ2) is 7.15. The Hall–Kier alpha value is -3.68.